The summed E-state index contributed by atoms with van der Waals surface area (Å²) in [6.07, 6.45) is 8.52. The van der Waals surface area contributed by atoms with Crippen molar-refractivity contribution < 1.29 is 0 Å². The van der Waals surface area contributed by atoms with Gasteiger partial charge in [-0.3, -0.25) is 4.98 Å². The first kappa shape index (κ1) is 13.5. The molecule has 1 aromatic rings. The maximum atomic E-state index is 6.48. The summed E-state index contributed by atoms with van der Waals surface area (Å²) in [4.78, 5) is 4.58. The Morgan fingerprint density at radius 3 is 2.83 bits per heavy atom. The molecule has 0 aromatic carbocycles. The van der Waals surface area contributed by atoms with Crippen molar-refractivity contribution in [2.45, 2.75) is 58.9 Å². The van der Waals surface area contributed by atoms with E-state index in [1.54, 1.807) is 0 Å². The lowest BCUT2D eigenvalue weighted by atomic mass is 9.76. The van der Waals surface area contributed by atoms with Crippen LogP contribution in [0.25, 0.3) is 0 Å². The normalized spacial score (nSPS) is 26.0. The van der Waals surface area contributed by atoms with Crippen molar-refractivity contribution in [3.63, 3.8) is 0 Å². The van der Waals surface area contributed by atoms with E-state index in [2.05, 4.69) is 31.8 Å². The molecular formula is C16H26N2. The zero-order valence-corrected chi connectivity index (χ0v) is 11.9. The van der Waals surface area contributed by atoms with Crippen molar-refractivity contribution in [3.05, 3.63) is 29.1 Å². The minimum atomic E-state index is 0.125. The molecule has 0 amide bonds. The monoisotopic (exact) mass is 246 g/mol. The average Bonchev–Trinajstić information content (AvgIpc) is 2.38. The Morgan fingerprint density at radius 2 is 2.17 bits per heavy atom. The lowest BCUT2D eigenvalue weighted by Gasteiger charge is -2.32. The first-order valence-electron chi connectivity index (χ1n) is 7.30. The van der Waals surface area contributed by atoms with Gasteiger partial charge in [0.1, 0.15) is 0 Å². The van der Waals surface area contributed by atoms with Gasteiger partial charge in [-0.25, -0.2) is 0 Å². The maximum Gasteiger partial charge on any atom is 0.0603 e. The molecule has 1 aliphatic rings. The fourth-order valence-electron chi connectivity index (χ4n) is 3.33. The Kier molecular flexibility index (Phi) is 4.39. The Morgan fingerprint density at radius 1 is 1.39 bits per heavy atom. The number of nitrogens with two attached hydrogens (primary N) is 1. The topological polar surface area (TPSA) is 38.9 Å². The van der Waals surface area contributed by atoms with Gasteiger partial charge in [0.2, 0.25) is 0 Å². The summed E-state index contributed by atoms with van der Waals surface area (Å²) in [6, 6.07) is 2.32. The molecule has 1 heterocycles. The summed E-state index contributed by atoms with van der Waals surface area (Å²) in [7, 11) is 0. The second-order valence-corrected chi connectivity index (χ2v) is 5.94. The highest BCUT2D eigenvalue weighted by atomic mass is 14.8. The van der Waals surface area contributed by atoms with Gasteiger partial charge in [-0.1, -0.05) is 32.3 Å². The van der Waals surface area contributed by atoms with E-state index in [-0.39, 0.29) is 6.04 Å². The van der Waals surface area contributed by atoms with Crippen LogP contribution < -0.4 is 5.73 Å². The molecule has 0 bridgehead atoms. The fraction of sp³-hybridized carbons (Fsp3) is 0.688. The van der Waals surface area contributed by atoms with Crippen LogP contribution in [0, 0.1) is 25.7 Å². The van der Waals surface area contributed by atoms with E-state index >= 15 is 0 Å². The first-order valence-corrected chi connectivity index (χ1v) is 7.30. The Bertz CT molecular complexity index is 400. The molecule has 1 saturated carbocycles. The molecule has 2 N–H and O–H groups in total. The zero-order valence-electron chi connectivity index (χ0n) is 11.9. The highest BCUT2D eigenvalue weighted by molar-refractivity contribution is 5.26. The number of aryl methyl sites for hydroxylation is 2. The second kappa shape index (κ2) is 5.83. The smallest absolute Gasteiger partial charge is 0.0603 e. The van der Waals surface area contributed by atoms with E-state index in [0.717, 1.165) is 11.6 Å². The molecule has 100 valence electrons. The molecule has 3 unspecified atom stereocenters. The molecule has 2 nitrogen and oxygen atoms in total. The van der Waals surface area contributed by atoms with E-state index < -0.39 is 0 Å². The predicted molar refractivity (Wildman–Crippen MR) is 76.4 cm³/mol. The summed E-state index contributed by atoms with van der Waals surface area (Å²) in [5, 5.41) is 0. The van der Waals surface area contributed by atoms with Gasteiger partial charge >= 0.3 is 0 Å². The van der Waals surface area contributed by atoms with Crippen molar-refractivity contribution in [2.24, 2.45) is 17.6 Å². The van der Waals surface area contributed by atoms with Gasteiger partial charge in [0.05, 0.1) is 11.7 Å². The third-order valence-electron chi connectivity index (χ3n) is 4.48. The first-order chi connectivity index (χ1) is 8.61. The fourth-order valence-corrected chi connectivity index (χ4v) is 3.33. The molecule has 3 atom stereocenters. The van der Waals surface area contributed by atoms with Crippen LogP contribution in [0.1, 0.15) is 61.9 Å². The molecule has 0 spiro atoms. The third kappa shape index (κ3) is 2.92. The van der Waals surface area contributed by atoms with Gasteiger partial charge in [-0.2, -0.15) is 0 Å². The van der Waals surface area contributed by atoms with E-state index in [1.807, 2.05) is 6.20 Å². The zero-order chi connectivity index (χ0) is 13.1. The van der Waals surface area contributed by atoms with Crippen LogP contribution in [0.2, 0.25) is 0 Å². The highest BCUT2D eigenvalue weighted by Gasteiger charge is 2.27. The summed E-state index contributed by atoms with van der Waals surface area (Å²) < 4.78 is 0. The summed E-state index contributed by atoms with van der Waals surface area (Å²) in [5.41, 5.74) is 10.1. The van der Waals surface area contributed by atoms with Gasteiger partial charge in [0.15, 0.2) is 0 Å². The van der Waals surface area contributed by atoms with Gasteiger partial charge in [0, 0.05) is 6.20 Å². The Balaban J connectivity index is 2.12. The average molecular weight is 246 g/mol. The molecule has 0 aliphatic heterocycles. The van der Waals surface area contributed by atoms with Gasteiger partial charge in [-0.05, 0) is 49.7 Å². The van der Waals surface area contributed by atoms with Gasteiger partial charge in [0.25, 0.3) is 0 Å². The van der Waals surface area contributed by atoms with Crippen LogP contribution in [0.3, 0.4) is 0 Å². The maximum absolute atomic E-state index is 6.48. The molecule has 1 aliphatic carbocycles. The standard InChI is InChI=1S/C16H26N2/c1-4-13-6-5-7-14(9-13)15(17)16-12(3)8-11(2)10-18-16/h8,10,13-15H,4-7,9,17H2,1-3H3. The second-order valence-electron chi connectivity index (χ2n) is 5.94. The molecule has 0 saturated heterocycles. The number of aromatic nitrogens is 1. The summed E-state index contributed by atoms with van der Waals surface area (Å²) in [5.74, 6) is 1.50. The number of hydrogen-bond donors (Lipinski definition) is 1. The van der Waals surface area contributed by atoms with Gasteiger partial charge < -0.3 is 5.73 Å². The van der Waals surface area contributed by atoms with Crippen LogP contribution in [0.4, 0.5) is 0 Å². The van der Waals surface area contributed by atoms with E-state index in [4.69, 9.17) is 5.73 Å². The number of pyridine rings is 1. The third-order valence-corrected chi connectivity index (χ3v) is 4.48. The van der Waals surface area contributed by atoms with Crippen LogP contribution in [0.5, 0.6) is 0 Å². The number of hydrogen-bond acceptors (Lipinski definition) is 2. The van der Waals surface area contributed by atoms with E-state index in [1.165, 1.54) is 43.2 Å². The van der Waals surface area contributed by atoms with Crippen LogP contribution >= 0.6 is 0 Å². The predicted octanol–water partition coefficient (Wildman–Crippen LogP) is 3.91. The molecule has 0 radical (unpaired) electrons. The van der Waals surface area contributed by atoms with Crippen LogP contribution in [0.15, 0.2) is 12.3 Å². The van der Waals surface area contributed by atoms with Crippen molar-refractivity contribution in [1.82, 2.24) is 4.98 Å². The van der Waals surface area contributed by atoms with Gasteiger partial charge in [-0.15, -0.1) is 0 Å². The lowest BCUT2D eigenvalue weighted by molar-refractivity contribution is 0.228. The minimum Gasteiger partial charge on any atom is -0.322 e. The van der Waals surface area contributed by atoms with E-state index in [9.17, 15) is 0 Å². The number of nitrogens with zero attached hydrogens (tertiary/aromatic N) is 1. The molecule has 1 aromatic heterocycles. The van der Waals surface area contributed by atoms with Crippen molar-refractivity contribution in [3.8, 4) is 0 Å². The molecule has 2 heteroatoms. The minimum absolute atomic E-state index is 0.125. The van der Waals surface area contributed by atoms with Crippen LogP contribution in [-0.2, 0) is 0 Å². The lowest BCUT2D eigenvalue weighted by Crippen LogP contribution is -2.28. The van der Waals surface area contributed by atoms with Crippen molar-refractivity contribution in [1.29, 1.82) is 0 Å². The number of rotatable bonds is 3. The Labute approximate surface area is 111 Å². The van der Waals surface area contributed by atoms with Crippen LogP contribution in [-0.4, -0.2) is 4.98 Å². The SMILES string of the molecule is CCC1CCCC(C(N)c2ncc(C)cc2C)C1. The quantitative estimate of drug-likeness (QED) is 0.878. The van der Waals surface area contributed by atoms with Crippen molar-refractivity contribution >= 4 is 0 Å². The molecule has 18 heavy (non-hydrogen) atoms. The summed E-state index contributed by atoms with van der Waals surface area (Å²) in [6.45, 7) is 6.52. The largest absolute Gasteiger partial charge is 0.322 e. The van der Waals surface area contributed by atoms with Crippen molar-refractivity contribution in [2.75, 3.05) is 0 Å². The molecular weight excluding hydrogens is 220 g/mol. The van der Waals surface area contributed by atoms with E-state index in [0.29, 0.717) is 5.92 Å². The Hall–Kier alpha value is -0.890. The highest BCUT2D eigenvalue weighted by Crippen LogP contribution is 2.37. The molecule has 2 rings (SSSR count). The summed E-state index contributed by atoms with van der Waals surface area (Å²) >= 11 is 0. The molecule has 1 fully saturated rings.